The van der Waals surface area contributed by atoms with E-state index in [0.717, 1.165) is 5.56 Å². The van der Waals surface area contributed by atoms with Crippen molar-refractivity contribution in [1.29, 1.82) is 0 Å². The van der Waals surface area contributed by atoms with Gasteiger partial charge in [0.25, 0.3) is 5.91 Å². The summed E-state index contributed by atoms with van der Waals surface area (Å²) in [5, 5.41) is 1.07. The summed E-state index contributed by atoms with van der Waals surface area (Å²) in [6, 6.07) is 10.7. The first-order valence-electron chi connectivity index (χ1n) is 7.81. The van der Waals surface area contributed by atoms with E-state index < -0.39 is 17.5 Å². The molecule has 27 heavy (non-hydrogen) atoms. The Labute approximate surface area is 158 Å². The van der Waals surface area contributed by atoms with Gasteiger partial charge in [-0.05, 0) is 48.9 Å². The molecule has 3 rings (SSSR count). The Morgan fingerprint density at radius 3 is 2.56 bits per heavy atom. The number of halogens is 1. The lowest BCUT2D eigenvalue weighted by Crippen LogP contribution is -2.20. The molecule has 0 bridgehead atoms. The monoisotopic (exact) mass is 387 g/mol. The number of benzene rings is 2. The van der Waals surface area contributed by atoms with Gasteiger partial charge in [-0.25, -0.2) is 9.59 Å². The van der Waals surface area contributed by atoms with Gasteiger partial charge >= 0.3 is 11.6 Å². The van der Waals surface area contributed by atoms with Crippen LogP contribution in [0.5, 0.6) is 11.5 Å². The standard InChI is InChI=1S/C19H14ClNO6/c1-10-6-12(4-5-15(10)20)25-9-17(22)26-13-3-2-11-7-14(18(21)23)19(24)27-16(11)8-13/h2-8H,9H2,1H3,(H2,21,23). The molecule has 3 aromatic rings. The Morgan fingerprint density at radius 1 is 1.11 bits per heavy atom. The fraction of sp³-hybridized carbons (Fsp3) is 0.105. The van der Waals surface area contributed by atoms with Crippen LogP contribution >= 0.6 is 11.6 Å². The first kappa shape index (κ1) is 18.5. The molecule has 0 atom stereocenters. The average molecular weight is 388 g/mol. The number of fused-ring (bicyclic) bond motifs is 1. The maximum absolute atomic E-state index is 12.0. The molecule has 2 N–H and O–H groups in total. The lowest BCUT2D eigenvalue weighted by Gasteiger charge is -2.08. The molecule has 0 saturated carbocycles. The van der Waals surface area contributed by atoms with Crippen molar-refractivity contribution in [3.8, 4) is 11.5 Å². The van der Waals surface area contributed by atoms with Gasteiger partial charge in [0.2, 0.25) is 0 Å². The number of ether oxygens (including phenoxy) is 2. The highest BCUT2D eigenvalue weighted by atomic mass is 35.5. The lowest BCUT2D eigenvalue weighted by atomic mass is 10.2. The number of esters is 1. The van der Waals surface area contributed by atoms with Gasteiger partial charge in [0.15, 0.2) is 6.61 Å². The van der Waals surface area contributed by atoms with Crippen LogP contribution in [0.4, 0.5) is 0 Å². The average Bonchev–Trinajstić information content (AvgIpc) is 2.62. The van der Waals surface area contributed by atoms with E-state index in [-0.39, 0.29) is 23.5 Å². The molecule has 1 aromatic heterocycles. The Bertz CT molecular complexity index is 1110. The van der Waals surface area contributed by atoms with E-state index in [1.54, 1.807) is 18.2 Å². The largest absolute Gasteiger partial charge is 0.482 e. The van der Waals surface area contributed by atoms with Crippen LogP contribution in [0.15, 0.2) is 51.7 Å². The number of amides is 1. The summed E-state index contributed by atoms with van der Waals surface area (Å²) in [5.41, 5.74) is 4.98. The third-order valence-electron chi connectivity index (χ3n) is 3.69. The van der Waals surface area contributed by atoms with E-state index >= 15 is 0 Å². The summed E-state index contributed by atoms with van der Waals surface area (Å²) in [5.74, 6) is -0.871. The zero-order valence-corrected chi connectivity index (χ0v) is 14.9. The molecule has 1 heterocycles. The highest BCUT2D eigenvalue weighted by Crippen LogP contribution is 2.22. The van der Waals surface area contributed by atoms with E-state index in [1.807, 2.05) is 6.92 Å². The molecule has 8 heteroatoms. The smallest absolute Gasteiger partial charge is 0.349 e. The van der Waals surface area contributed by atoms with Gasteiger partial charge in [0.05, 0.1) is 0 Å². The highest BCUT2D eigenvalue weighted by Gasteiger charge is 2.12. The molecule has 7 nitrogen and oxygen atoms in total. The molecule has 0 saturated heterocycles. The topological polar surface area (TPSA) is 109 Å². The number of hydrogen-bond acceptors (Lipinski definition) is 6. The van der Waals surface area contributed by atoms with Crippen LogP contribution in [0.3, 0.4) is 0 Å². The second-order valence-electron chi connectivity index (χ2n) is 5.69. The number of primary amides is 1. The predicted molar refractivity (Wildman–Crippen MR) is 98.3 cm³/mol. The minimum absolute atomic E-state index is 0.157. The Hall–Kier alpha value is -3.32. The van der Waals surface area contributed by atoms with Gasteiger partial charge in [0.1, 0.15) is 22.6 Å². The van der Waals surface area contributed by atoms with Crippen molar-refractivity contribution in [3.63, 3.8) is 0 Å². The molecule has 2 aromatic carbocycles. The first-order chi connectivity index (χ1) is 12.8. The molecule has 0 aliphatic rings. The van der Waals surface area contributed by atoms with E-state index in [9.17, 15) is 14.4 Å². The quantitative estimate of drug-likeness (QED) is 0.409. The molecule has 1 amide bonds. The third-order valence-corrected chi connectivity index (χ3v) is 4.11. The van der Waals surface area contributed by atoms with Crippen LogP contribution in [0.1, 0.15) is 15.9 Å². The normalized spacial score (nSPS) is 10.6. The molecule has 0 aliphatic heterocycles. The Kier molecular flexibility index (Phi) is 5.14. The van der Waals surface area contributed by atoms with E-state index in [4.69, 9.17) is 31.2 Å². The lowest BCUT2D eigenvalue weighted by molar-refractivity contribution is -0.136. The van der Waals surface area contributed by atoms with Crippen molar-refractivity contribution >= 4 is 34.4 Å². The highest BCUT2D eigenvalue weighted by molar-refractivity contribution is 6.31. The predicted octanol–water partition coefficient (Wildman–Crippen LogP) is 2.84. The van der Waals surface area contributed by atoms with Crippen LogP contribution in [-0.2, 0) is 4.79 Å². The zero-order valence-electron chi connectivity index (χ0n) is 14.2. The number of rotatable bonds is 5. The molecule has 0 unspecified atom stereocenters. The van der Waals surface area contributed by atoms with E-state index in [1.165, 1.54) is 24.3 Å². The van der Waals surface area contributed by atoms with E-state index in [0.29, 0.717) is 16.2 Å². The molecule has 0 spiro atoms. The van der Waals surface area contributed by atoms with Crippen molar-refractivity contribution in [2.45, 2.75) is 6.92 Å². The van der Waals surface area contributed by atoms with Gasteiger partial charge in [-0.2, -0.15) is 0 Å². The van der Waals surface area contributed by atoms with Gasteiger partial charge in [-0.15, -0.1) is 0 Å². The minimum Gasteiger partial charge on any atom is -0.482 e. The molecule has 0 aliphatic carbocycles. The second-order valence-corrected chi connectivity index (χ2v) is 6.09. The maximum atomic E-state index is 12.0. The Morgan fingerprint density at radius 2 is 1.85 bits per heavy atom. The van der Waals surface area contributed by atoms with Crippen LogP contribution in [0.25, 0.3) is 11.0 Å². The number of carbonyl (C=O) groups excluding carboxylic acids is 2. The molecular formula is C19H14ClNO6. The van der Waals surface area contributed by atoms with E-state index in [2.05, 4.69) is 0 Å². The van der Waals surface area contributed by atoms with Crippen molar-refractivity contribution < 1.29 is 23.5 Å². The maximum Gasteiger partial charge on any atom is 0.349 e. The minimum atomic E-state index is -0.879. The van der Waals surface area contributed by atoms with Gasteiger partial charge in [-0.1, -0.05) is 11.6 Å². The second kappa shape index (κ2) is 7.51. The van der Waals surface area contributed by atoms with Crippen LogP contribution in [0, 0.1) is 6.92 Å². The fourth-order valence-corrected chi connectivity index (χ4v) is 2.45. The van der Waals surface area contributed by atoms with Crippen LogP contribution in [-0.4, -0.2) is 18.5 Å². The molecule has 0 radical (unpaired) electrons. The van der Waals surface area contributed by atoms with Crippen molar-refractivity contribution in [3.05, 3.63) is 69.0 Å². The third kappa shape index (κ3) is 4.27. The van der Waals surface area contributed by atoms with Crippen LogP contribution in [0.2, 0.25) is 5.02 Å². The van der Waals surface area contributed by atoms with Crippen molar-refractivity contribution in [2.24, 2.45) is 5.73 Å². The summed E-state index contributed by atoms with van der Waals surface area (Å²) in [4.78, 5) is 34.8. The number of aryl methyl sites for hydroxylation is 1. The van der Waals surface area contributed by atoms with Gasteiger partial charge < -0.3 is 19.6 Å². The molecule has 0 fully saturated rings. The van der Waals surface area contributed by atoms with Gasteiger partial charge in [0, 0.05) is 16.5 Å². The van der Waals surface area contributed by atoms with Crippen molar-refractivity contribution in [1.82, 2.24) is 0 Å². The van der Waals surface area contributed by atoms with Crippen molar-refractivity contribution in [2.75, 3.05) is 6.61 Å². The van der Waals surface area contributed by atoms with Crippen LogP contribution < -0.4 is 20.8 Å². The Balaban J connectivity index is 1.71. The fourth-order valence-electron chi connectivity index (χ4n) is 2.34. The summed E-state index contributed by atoms with van der Waals surface area (Å²) >= 11 is 5.93. The summed E-state index contributed by atoms with van der Waals surface area (Å²) in [6.07, 6.45) is 0. The molecular weight excluding hydrogens is 374 g/mol. The SMILES string of the molecule is Cc1cc(OCC(=O)Oc2ccc3cc(C(N)=O)c(=O)oc3c2)ccc1Cl. The first-order valence-corrected chi connectivity index (χ1v) is 8.18. The number of carbonyl (C=O) groups is 2. The number of nitrogens with two attached hydrogens (primary N) is 1. The molecule has 138 valence electrons. The summed E-state index contributed by atoms with van der Waals surface area (Å²) < 4.78 is 15.6. The zero-order chi connectivity index (χ0) is 19.6. The summed E-state index contributed by atoms with van der Waals surface area (Å²) in [7, 11) is 0. The summed E-state index contributed by atoms with van der Waals surface area (Å²) in [6.45, 7) is 1.50. The van der Waals surface area contributed by atoms with Gasteiger partial charge in [-0.3, -0.25) is 4.79 Å². The number of hydrogen-bond donors (Lipinski definition) is 1.